The second-order valence-corrected chi connectivity index (χ2v) is 6.14. The van der Waals surface area contributed by atoms with Gasteiger partial charge in [0.05, 0.1) is 13.2 Å². The molecule has 128 valence electrons. The first-order valence-electron chi connectivity index (χ1n) is 8.07. The molecular formula is C17H24F2N2O2. The summed E-state index contributed by atoms with van der Waals surface area (Å²) < 4.78 is 27.0. The molecule has 4 nitrogen and oxygen atoms in total. The average Bonchev–Trinajstić information content (AvgIpc) is 2.50. The van der Waals surface area contributed by atoms with Crippen LogP contribution in [-0.2, 0) is 11.2 Å². The molecule has 6 heteroatoms. The molecule has 2 atom stereocenters. The van der Waals surface area contributed by atoms with E-state index in [9.17, 15) is 18.7 Å². The molecule has 1 aromatic carbocycles. The van der Waals surface area contributed by atoms with Gasteiger partial charge < -0.3 is 10.4 Å². The van der Waals surface area contributed by atoms with Crippen molar-refractivity contribution in [2.24, 2.45) is 5.92 Å². The molecule has 0 aliphatic carbocycles. The van der Waals surface area contributed by atoms with E-state index in [0.717, 1.165) is 19.4 Å². The van der Waals surface area contributed by atoms with E-state index < -0.39 is 11.6 Å². The number of benzene rings is 1. The van der Waals surface area contributed by atoms with Crippen molar-refractivity contribution in [3.05, 3.63) is 35.4 Å². The van der Waals surface area contributed by atoms with Crippen molar-refractivity contribution < 1.29 is 18.7 Å². The van der Waals surface area contributed by atoms with Gasteiger partial charge in [0.25, 0.3) is 0 Å². The highest BCUT2D eigenvalue weighted by Gasteiger charge is 2.28. The Balaban J connectivity index is 1.81. The van der Waals surface area contributed by atoms with Gasteiger partial charge in [-0.1, -0.05) is 13.0 Å². The normalized spacial score (nSPS) is 22.1. The fourth-order valence-corrected chi connectivity index (χ4v) is 3.16. The lowest BCUT2D eigenvalue weighted by Gasteiger charge is -2.38. The Hall–Kier alpha value is -1.53. The molecule has 0 bridgehead atoms. The molecule has 1 aliphatic rings. The Bertz CT molecular complexity index is 519. The van der Waals surface area contributed by atoms with E-state index in [4.69, 9.17) is 0 Å². The number of carbonyl (C=O) groups excluding carboxylic acids is 1. The van der Waals surface area contributed by atoms with Crippen molar-refractivity contribution in [3.63, 3.8) is 0 Å². The molecule has 2 unspecified atom stereocenters. The number of hydrogen-bond donors (Lipinski definition) is 2. The zero-order valence-electron chi connectivity index (χ0n) is 13.4. The zero-order valence-corrected chi connectivity index (χ0v) is 13.4. The number of nitrogens with one attached hydrogen (secondary N) is 1. The van der Waals surface area contributed by atoms with Crippen LogP contribution in [0.2, 0.25) is 0 Å². The number of hydrogen-bond acceptors (Lipinski definition) is 3. The van der Waals surface area contributed by atoms with Crippen LogP contribution in [0.15, 0.2) is 18.2 Å². The van der Waals surface area contributed by atoms with Crippen molar-refractivity contribution in [3.8, 4) is 0 Å². The highest BCUT2D eigenvalue weighted by molar-refractivity contribution is 5.78. The molecule has 0 spiro atoms. The number of likely N-dealkylation sites (tertiary alicyclic amines) is 1. The summed E-state index contributed by atoms with van der Waals surface area (Å²) in [7, 11) is 0. The van der Waals surface area contributed by atoms with Gasteiger partial charge in [-0.25, -0.2) is 8.78 Å². The summed E-state index contributed by atoms with van der Waals surface area (Å²) in [5, 5.41) is 12.2. The summed E-state index contributed by atoms with van der Waals surface area (Å²) in [4.78, 5) is 14.0. The van der Waals surface area contributed by atoms with E-state index in [1.165, 1.54) is 18.2 Å². The highest BCUT2D eigenvalue weighted by Crippen LogP contribution is 2.22. The van der Waals surface area contributed by atoms with Gasteiger partial charge in [-0.15, -0.1) is 0 Å². The third kappa shape index (κ3) is 4.72. The van der Waals surface area contributed by atoms with E-state index in [1.807, 2.05) is 4.90 Å². The van der Waals surface area contributed by atoms with Crippen LogP contribution in [0.4, 0.5) is 8.78 Å². The molecule has 1 aliphatic heterocycles. The van der Waals surface area contributed by atoms with Crippen molar-refractivity contribution in [2.45, 2.75) is 32.2 Å². The number of carbonyl (C=O) groups is 1. The number of amides is 1. The third-order valence-electron chi connectivity index (χ3n) is 4.52. The molecule has 1 amide bonds. The van der Waals surface area contributed by atoms with Crippen molar-refractivity contribution in [1.29, 1.82) is 0 Å². The van der Waals surface area contributed by atoms with Gasteiger partial charge in [0.1, 0.15) is 11.6 Å². The first-order valence-corrected chi connectivity index (χ1v) is 8.07. The minimum absolute atomic E-state index is 0.00138. The monoisotopic (exact) mass is 326 g/mol. The van der Waals surface area contributed by atoms with Gasteiger partial charge in [-0.3, -0.25) is 9.69 Å². The van der Waals surface area contributed by atoms with E-state index >= 15 is 0 Å². The number of aliphatic hydroxyl groups is 1. The average molecular weight is 326 g/mol. The SMILES string of the molecule is CC1CCCN(CC(=O)NCCc2c(F)cccc2F)C1CO. The van der Waals surface area contributed by atoms with Crippen LogP contribution in [0.1, 0.15) is 25.3 Å². The third-order valence-corrected chi connectivity index (χ3v) is 4.52. The minimum atomic E-state index is -0.593. The van der Waals surface area contributed by atoms with E-state index in [0.29, 0.717) is 5.92 Å². The van der Waals surface area contributed by atoms with Crippen LogP contribution in [-0.4, -0.2) is 48.2 Å². The summed E-state index contributed by atoms with van der Waals surface area (Å²) in [5.41, 5.74) is -0.00682. The summed E-state index contributed by atoms with van der Waals surface area (Å²) in [6.07, 6.45) is 2.17. The van der Waals surface area contributed by atoms with E-state index in [-0.39, 0.29) is 43.6 Å². The predicted molar refractivity (Wildman–Crippen MR) is 83.9 cm³/mol. The molecule has 1 aromatic rings. The molecule has 1 fully saturated rings. The van der Waals surface area contributed by atoms with Gasteiger partial charge >= 0.3 is 0 Å². The zero-order chi connectivity index (χ0) is 16.8. The maximum atomic E-state index is 13.5. The van der Waals surface area contributed by atoms with E-state index in [2.05, 4.69) is 12.2 Å². The summed E-state index contributed by atoms with van der Waals surface area (Å²) >= 11 is 0. The van der Waals surface area contributed by atoms with Gasteiger partial charge in [-0.2, -0.15) is 0 Å². The Kier molecular flexibility index (Phi) is 6.47. The standard InChI is InChI=1S/C17H24F2N2O2/c1-12-4-3-9-21(16(12)11-22)10-17(23)20-8-7-13-14(18)5-2-6-15(13)19/h2,5-6,12,16,22H,3-4,7-11H2,1H3,(H,20,23). The fourth-order valence-electron chi connectivity index (χ4n) is 3.16. The number of rotatable bonds is 6. The Morgan fingerprint density at radius 2 is 2.09 bits per heavy atom. The smallest absolute Gasteiger partial charge is 0.234 e. The van der Waals surface area contributed by atoms with Crippen LogP contribution in [0.5, 0.6) is 0 Å². The molecule has 2 N–H and O–H groups in total. The Labute approximate surface area is 135 Å². The van der Waals surface area contributed by atoms with Crippen LogP contribution in [0.3, 0.4) is 0 Å². The topological polar surface area (TPSA) is 52.6 Å². The molecule has 2 rings (SSSR count). The lowest BCUT2D eigenvalue weighted by Crippen LogP contribution is -2.50. The molecule has 23 heavy (non-hydrogen) atoms. The molecule has 0 saturated carbocycles. The summed E-state index contributed by atoms with van der Waals surface area (Å²) in [5.74, 6) is -1.02. The molecule has 1 saturated heterocycles. The molecule has 1 heterocycles. The van der Waals surface area contributed by atoms with Crippen LogP contribution < -0.4 is 5.32 Å². The quantitative estimate of drug-likeness (QED) is 0.837. The fraction of sp³-hybridized carbons (Fsp3) is 0.588. The van der Waals surface area contributed by atoms with Gasteiger partial charge in [0.2, 0.25) is 5.91 Å². The first-order chi connectivity index (χ1) is 11.0. The maximum absolute atomic E-state index is 13.5. The summed E-state index contributed by atoms with van der Waals surface area (Å²) in [6.45, 7) is 3.28. The predicted octanol–water partition coefficient (Wildman–Crippen LogP) is 1.72. The minimum Gasteiger partial charge on any atom is -0.395 e. The summed E-state index contributed by atoms with van der Waals surface area (Å²) in [6, 6.07) is 3.74. The molecule has 0 radical (unpaired) electrons. The van der Waals surface area contributed by atoms with Gasteiger partial charge in [-0.05, 0) is 43.9 Å². The second-order valence-electron chi connectivity index (χ2n) is 6.14. The number of piperidine rings is 1. The van der Waals surface area contributed by atoms with Crippen LogP contribution in [0.25, 0.3) is 0 Å². The van der Waals surface area contributed by atoms with Crippen molar-refractivity contribution in [1.82, 2.24) is 10.2 Å². The van der Waals surface area contributed by atoms with Crippen LogP contribution in [0, 0.1) is 17.6 Å². The first kappa shape index (κ1) is 17.8. The van der Waals surface area contributed by atoms with E-state index in [1.54, 1.807) is 0 Å². The van der Waals surface area contributed by atoms with Crippen LogP contribution >= 0.6 is 0 Å². The maximum Gasteiger partial charge on any atom is 0.234 e. The Morgan fingerprint density at radius 3 is 2.74 bits per heavy atom. The van der Waals surface area contributed by atoms with Gasteiger partial charge in [0, 0.05) is 18.2 Å². The number of nitrogens with zero attached hydrogens (tertiary/aromatic N) is 1. The number of aliphatic hydroxyl groups excluding tert-OH is 1. The highest BCUT2D eigenvalue weighted by atomic mass is 19.1. The second kappa shape index (κ2) is 8.36. The lowest BCUT2D eigenvalue weighted by atomic mass is 9.91. The van der Waals surface area contributed by atoms with Crippen molar-refractivity contribution >= 4 is 5.91 Å². The lowest BCUT2D eigenvalue weighted by molar-refractivity contribution is -0.123. The van der Waals surface area contributed by atoms with Gasteiger partial charge in [0.15, 0.2) is 0 Å². The van der Waals surface area contributed by atoms with Crippen molar-refractivity contribution in [2.75, 3.05) is 26.2 Å². The number of halogens is 2. The molecule has 0 aromatic heterocycles. The largest absolute Gasteiger partial charge is 0.395 e. The molecular weight excluding hydrogens is 302 g/mol. The Morgan fingerprint density at radius 1 is 1.39 bits per heavy atom.